The minimum Gasteiger partial charge on any atom is -0.271 e. The molecule has 7 heteroatoms. The standard InChI is InChI=1S/C12H14BrN5S/c1-18-11(12(13)16-17-18)10(15-14)8-6-19-9-5-3-2-4-7(8)9/h2-5,8,10,15H,6,14H2,1H3. The van der Waals surface area contributed by atoms with Crippen LogP contribution >= 0.6 is 27.7 Å². The third kappa shape index (κ3) is 2.20. The summed E-state index contributed by atoms with van der Waals surface area (Å²) >= 11 is 5.32. The molecule has 0 spiro atoms. The van der Waals surface area contributed by atoms with E-state index in [0.717, 1.165) is 16.0 Å². The van der Waals surface area contributed by atoms with Gasteiger partial charge in [0.1, 0.15) is 0 Å². The first-order valence-electron chi connectivity index (χ1n) is 5.95. The highest BCUT2D eigenvalue weighted by Gasteiger charge is 2.33. The van der Waals surface area contributed by atoms with Crippen molar-refractivity contribution in [1.29, 1.82) is 0 Å². The molecule has 1 aliphatic rings. The number of nitrogens with one attached hydrogen (secondary N) is 1. The maximum absolute atomic E-state index is 5.79. The first-order valence-corrected chi connectivity index (χ1v) is 7.73. The number of nitrogens with two attached hydrogens (primary N) is 1. The van der Waals surface area contributed by atoms with Crippen LogP contribution in [-0.4, -0.2) is 20.7 Å². The zero-order chi connectivity index (χ0) is 13.4. The van der Waals surface area contributed by atoms with E-state index in [1.165, 1.54) is 10.5 Å². The number of aromatic nitrogens is 3. The predicted octanol–water partition coefficient (Wildman–Crippen LogP) is 1.97. The van der Waals surface area contributed by atoms with Gasteiger partial charge in [0.15, 0.2) is 4.60 Å². The molecule has 0 radical (unpaired) electrons. The van der Waals surface area contributed by atoms with Crippen molar-refractivity contribution in [3.63, 3.8) is 0 Å². The number of halogens is 1. The van der Waals surface area contributed by atoms with E-state index in [1.54, 1.807) is 4.68 Å². The number of hydrogen-bond acceptors (Lipinski definition) is 5. The van der Waals surface area contributed by atoms with Crippen LogP contribution < -0.4 is 11.3 Å². The van der Waals surface area contributed by atoms with E-state index in [-0.39, 0.29) is 6.04 Å². The van der Waals surface area contributed by atoms with Crippen LogP contribution in [0.4, 0.5) is 0 Å². The molecule has 2 heterocycles. The van der Waals surface area contributed by atoms with Gasteiger partial charge in [0.2, 0.25) is 0 Å². The maximum Gasteiger partial charge on any atom is 0.153 e. The van der Waals surface area contributed by atoms with Crippen LogP contribution in [0.2, 0.25) is 0 Å². The molecule has 2 aromatic rings. The second kappa shape index (κ2) is 5.24. The van der Waals surface area contributed by atoms with Gasteiger partial charge in [-0.15, -0.1) is 16.9 Å². The fraction of sp³-hybridized carbons (Fsp3) is 0.333. The fourth-order valence-corrected chi connectivity index (χ4v) is 4.38. The highest BCUT2D eigenvalue weighted by atomic mass is 79.9. The summed E-state index contributed by atoms with van der Waals surface area (Å²) in [5.74, 6) is 7.11. The summed E-state index contributed by atoms with van der Waals surface area (Å²) in [6.07, 6.45) is 0. The molecule has 2 unspecified atom stereocenters. The second-order valence-corrected chi connectivity index (χ2v) is 6.30. The topological polar surface area (TPSA) is 68.8 Å². The largest absolute Gasteiger partial charge is 0.271 e. The molecular formula is C12H14BrN5S. The number of hydrazine groups is 1. The molecule has 3 N–H and O–H groups in total. The van der Waals surface area contributed by atoms with E-state index in [2.05, 4.69) is 55.9 Å². The van der Waals surface area contributed by atoms with Crippen molar-refractivity contribution in [2.75, 3.05) is 5.75 Å². The van der Waals surface area contributed by atoms with Crippen LogP contribution in [0.5, 0.6) is 0 Å². The third-order valence-electron chi connectivity index (χ3n) is 3.44. The predicted molar refractivity (Wildman–Crippen MR) is 78.7 cm³/mol. The Bertz CT molecular complexity index is 580. The minimum atomic E-state index is -0.00877. The van der Waals surface area contributed by atoms with Gasteiger partial charge in [0.25, 0.3) is 0 Å². The zero-order valence-electron chi connectivity index (χ0n) is 10.4. The van der Waals surface area contributed by atoms with Crippen LogP contribution in [0.15, 0.2) is 33.8 Å². The second-order valence-electron chi connectivity index (χ2n) is 4.49. The Morgan fingerprint density at radius 1 is 1.53 bits per heavy atom. The minimum absolute atomic E-state index is 0.00877. The van der Waals surface area contributed by atoms with E-state index in [9.17, 15) is 0 Å². The molecule has 1 aliphatic heterocycles. The van der Waals surface area contributed by atoms with Crippen molar-refractivity contribution in [2.24, 2.45) is 12.9 Å². The number of thioether (sulfide) groups is 1. The Kier molecular flexibility index (Phi) is 3.62. The number of rotatable bonds is 3. The van der Waals surface area contributed by atoms with Crippen LogP contribution in [-0.2, 0) is 7.05 Å². The molecule has 1 aromatic heterocycles. The highest BCUT2D eigenvalue weighted by Crippen LogP contribution is 2.45. The van der Waals surface area contributed by atoms with E-state index in [4.69, 9.17) is 5.84 Å². The molecule has 0 bridgehead atoms. The van der Waals surface area contributed by atoms with Gasteiger partial charge in [0.05, 0.1) is 11.7 Å². The molecule has 0 aliphatic carbocycles. The molecule has 100 valence electrons. The number of aryl methyl sites for hydroxylation is 1. The lowest BCUT2D eigenvalue weighted by atomic mass is 9.92. The normalized spacial score (nSPS) is 19.4. The summed E-state index contributed by atoms with van der Waals surface area (Å²) in [4.78, 5) is 1.33. The number of fused-ring (bicyclic) bond motifs is 1. The summed E-state index contributed by atoms with van der Waals surface area (Å²) in [5.41, 5.74) is 5.24. The third-order valence-corrected chi connectivity index (χ3v) is 5.21. The maximum atomic E-state index is 5.79. The lowest BCUT2D eigenvalue weighted by molar-refractivity contribution is 0.452. The molecule has 1 aromatic carbocycles. The highest BCUT2D eigenvalue weighted by molar-refractivity contribution is 9.10. The molecule has 0 saturated heterocycles. The molecule has 5 nitrogen and oxygen atoms in total. The van der Waals surface area contributed by atoms with Crippen LogP contribution in [0.1, 0.15) is 23.2 Å². The van der Waals surface area contributed by atoms with Gasteiger partial charge in [-0.3, -0.25) is 11.3 Å². The lowest BCUT2D eigenvalue weighted by Crippen LogP contribution is -2.34. The van der Waals surface area contributed by atoms with Crippen LogP contribution in [0, 0.1) is 0 Å². The van der Waals surface area contributed by atoms with Crippen molar-refractivity contribution in [2.45, 2.75) is 16.9 Å². The average Bonchev–Trinajstić information content (AvgIpc) is 2.98. The van der Waals surface area contributed by atoms with Crippen LogP contribution in [0.25, 0.3) is 0 Å². The van der Waals surface area contributed by atoms with E-state index in [1.807, 2.05) is 18.8 Å². The molecule has 0 saturated carbocycles. The zero-order valence-corrected chi connectivity index (χ0v) is 12.8. The lowest BCUT2D eigenvalue weighted by Gasteiger charge is -2.23. The summed E-state index contributed by atoms with van der Waals surface area (Å²) in [7, 11) is 1.88. The molecular weight excluding hydrogens is 326 g/mol. The van der Waals surface area contributed by atoms with Gasteiger partial charge in [-0.25, -0.2) is 4.68 Å². The van der Waals surface area contributed by atoms with Gasteiger partial charge in [0, 0.05) is 23.6 Å². The average molecular weight is 340 g/mol. The van der Waals surface area contributed by atoms with E-state index in [0.29, 0.717) is 5.92 Å². The summed E-state index contributed by atoms with van der Waals surface area (Å²) in [5, 5.41) is 8.07. The van der Waals surface area contributed by atoms with Crippen molar-refractivity contribution in [3.05, 3.63) is 40.1 Å². The SMILES string of the molecule is Cn1nnc(Br)c1C(NN)C1CSc2ccccc21. The van der Waals surface area contributed by atoms with Gasteiger partial charge in [-0.2, -0.15) is 0 Å². The molecule has 19 heavy (non-hydrogen) atoms. The first-order chi connectivity index (χ1) is 9.22. The smallest absolute Gasteiger partial charge is 0.153 e. The first kappa shape index (κ1) is 13.1. The van der Waals surface area contributed by atoms with Crippen molar-refractivity contribution in [3.8, 4) is 0 Å². The summed E-state index contributed by atoms with van der Waals surface area (Å²) in [6, 6.07) is 8.46. The molecule has 0 fully saturated rings. The Hall–Kier alpha value is -0.890. The van der Waals surface area contributed by atoms with Gasteiger partial charge in [-0.05, 0) is 27.6 Å². The number of nitrogens with zero attached hydrogens (tertiary/aromatic N) is 3. The quantitative estimate of drug-likeness (QED) is 0.661. The Balaban J connectivity index is 2.01. The summed E-state index contributed by atoms with van der Waals surface area (Å²) in [6.45, 7) is 0. The molecule has 0 amide bonds. The Morgan fingerprint density at radius 3 is 3.00 bits per heavy atom. The van der Waals surface area contributed by atoms with Gasteiger partial charge in [-0.1, -0.05) is 23.4 Å². The fourth-order valence-electron chi connectivity index (χ4n) is 2.52. The number of hydrogen-bond donors (Lipinski definition) is 2. The Morgan fingerprint density at radius 2 is 2.32 bits per heavy atom. The van der Waals surface area contributed by atoms with Gasteiger partial charge >= 0.3 is 0 Å². The summed E-state index contributed by atoms with van der Waals surface area (Å²) < 4.78 is 2.51. The monoisotopic (exact) mass is 339 g/mol. The van der Waals surface area contributed by atoms with Crippen molar-refractivity contribution >= 4 is 27.7 Å². The Labute approximate surface area is 124 Å². The van der Waals surface area contributed by atoms with Crippen molar-refractivity contribution < 1.29 is 0 Å². The van der Waals surface area contributed by atoms with E-state index < -0.39 is 0 Å². The van der Waals surface area contributed by atoms with Crippen molar-refractivity contribution in [1.82, 2.24) is 20.4 Å². The van der Waals surface area contributed by atoms with Gasteiger partial charge < -0.3 is 0 Å². The molecule has 2 atom stereocenters. The van der Waals surface area contributed by atoms with E-state index >= 15 is 0 Å². The number of benzene rings is 1. The molecule has 3 rings (SSSR count). The van der Waals surface area contributed by atoms with Crippen LogP contribution in [0.3, 0.4) is 0 Å².